The molecule has 0 bridgehead atoms. The van der Waals surface area contributed by atoms with Crippen LogP contribution in [0.25, 0.3) is 0 Å². The molecule has 0 spiro atoms. The van der Waals surface area contributed by atoms with Crippen molar-refractivity contribution in [3.8, 4) is 0 Å². The number of carbonyl (C=O) groups excluding carboxylic acids is 2. The van der Waals surface area contributed by atoms with Gasteiger partial charge in [0.15, 0.2) is 0 Å². The number of nitrogens with zero attached hydrogens (tertiary/aromatic N) is 1. The highest BCUT2D eigenvalue weighted by Gasteiger charge is 2.33. The van der Waals surface area contributed by atoms with Gasteiger partial charge < -0.3 is 5.32 Å². The van der Waals surface area contributed by atoms with E-state index in [0.717, 1.165) is 23.9 Å². The van der Waals surface area contributed by atoms with E-state index in [1.54, 1.807) is 24.3 Å². The molecule has 0 aromatic heterocycles. The molecule has 172 valence electrons. The minimum absolute atomic E-state index is 0.0000612. The third-order valence-electron chi connectivity index (χ3n) is 4.57. The fourth-order valence-electron chi connectivity index (χ4n) is 2.91. The van der Waals surface area contributed by atoms with Crippen LogP contribution < -0.4 is 10.7 Å². The number of hydrogen-bond donors (Lipinski definition) is 2. The normalized spacial score (nSPS) is 11.4. The van der Waals surface area contributed by atoms with Crippen molar-refractivity contribution in [2.75, 3.05) is 5.32 Å². The van der Waals surface area contributed by atoms with Crippen molar-refractivity contribution < 1.29 is 22.8 Å². The van der Waals surface area contributed by atoms with Crippen molar-refractivity contribution in [3.05, 3.63) is 98.5 Å². The number of hydrogen-bond acceptors (Lipinski definition) is 3. The molecule has 3 rings (SSSR count). The van der Waals surface area contributed by atoms with Gasteiger partial charge in [-0.05, 0) is 48.0 Å². The van der Waals surface area contributed by atoms with E-state index < -0.39 is 28.6 Å². The highest BCUT2D eigenvalue weighted by Crippen LogP contribution is 2.34. The number of rotatable bonds is 6. The Morgan fingerprint density at radius 2 is 1.76 bits per heavy atom. The summed E-state index contributed by atoms with van der Waals surface area (Å²) in [7, 11) is 5.60. The average Bonchev–Trinajstić information content (AvgIpc) is 2.80. The zero-order valence-corrected chi connectivity index (χ0v) is 18.8. The van der Waals surface area contributed by atoms with Gasteiger partial charge in [-0.1, -0.05) is 53.3 Å². The van der Waals surface area contributed by atoms with Gasteiger partial charge >= 0.3 is 6.18 Å². The van der Waals surface area contributed by atoms with Crippen molar-refractivity contribution in [1.29, 1.82) is 0 Å². The lowest BCUT2D eigenvalue weighted by Gasteiger charge is -2.11. The van der Waals surface area contributed by atoms with Crippen LogP contribution in [-0.2, 0) is 12.5 Å². The number of benzene rings is 3. The summed E-state index contributed by atoms with van der Waals surface area (Å²) in [5.74, 6) is -1.22. The second kappa shape index (κ2) is 10.8. The maximum absolute atomic E-state index is 13.0. The lowest BCUT2D eigenvalue weighted by molar-refractivity contribution is -0.137. The van der Waals surface area contributed by atoms with Crippen molar-refractivity contribution in [1.82, 2.24) is 5.43 Å². The summed E-state index contributed by atoms with van der Waals surface area (Å²) in [6, 6.07) is 14.1. The molecule has 0 saturated carbocycles. The van der Waals surface area contributed by atoms with Crippen LogP contribution in [0.15, 0.2) is 65.8 Å². The molecule has 0 heterocycles. The Bertz CT molecular complexity index is 1270. The lowest BCUT2D eigenvalue weighted by Crippen LogP contribution is -2.21. The van der Waals surface area contributed by atoms with Gasteiger partial charge in [0.2, 0.25) is 0 Å². The Morgan fingerprint density at radius 3 is 2.47 bits per heavy atom. The highest BCUT2D eigenvalue weighted by atomic mass is 35.5. The van der Waals surface area contributed by atoms with Crippen LogP contribution in [0.2, 0.25) is 10.0 Å². The van der Waals surface area contributed by atoms with Gasteiger partial charge in [0.25, 0.3) is 11.8 Å². The van der Waals surface area contributed by atoms with Crippen LogP contribution in [-0.4, -0.2) is 25.9 Å². The largest absolute Gasteiger partial charge is 0.417 e. The van der Waals surface area contributed by atoms with Gasteiger partial charge in [0, 0.05) is 10.6 Å². The molecule has 0 unspecified atom stereocenters. The molecule has 11 heteroatoms. The van der Waals surface area contributed by atoms with Gasteiger partial charge in [-0.25, -0.2) is 5.43 Å². The number of halogens is 5. The first-order valence-electron chi connectivity index (χ1n) is 9.68. The molecule has 0 aliphatic heterocycles. The van der Waals surface area contributed by atoms with E-state index in [-0.39, 0.29) is 28.2 Å². The molecule has 2 amide bonds. The third-order valence-corrected chi connectivity index (χ3v) is 5.14. The smallest absolute Gasteiger partial charge is 0.321 e. The summed E-state index contributed by atoms with van der Waals surface area (Å²) < 4.78 is 39.0. The van der Waals surface area contributed by atoms with Crippen LogP contribution in [0.3, 0.4) is 0 Å². The number of anilines is 1. The van der Waals surface area contributed by atoms with E-state index in [0.29, 0.717) is 5.56 Å². The molecule has 0 fully saturated rings. The van der Waals surface area contributed by atoms with E-state index in [2.05, 4.69) is 15.8 Å². The van der Waals surface area contributed by atoms with Gasteiger partial charge in [0.1, 0.15) is 0 Å². The molecule has 0 saturated heterocycles. The van der Waals surface area contributed by atoms with Gasteiger partial charge in [-0.3, -0.25) is 9.59 Å². The molecular formula is C23H15BCl2F3N3O2. The molecule has 34 heavy (non-hydrogen) atoms. The highest BCUT2D eigenvalue weighted by molar-refractivity contribution is 6.31. The fraction of sp³-hybridized carbons (Fsp3) is 0.0870. The number of hydrazone groups is 1. The van der Waals surface area contributed by atoms with Crippen LogP contribution in [0.1, 0.15) is 37.4 Å². The number of amides is 2. The van der Waals surface area contributed by atoms with Gasteiger partial charge in [0.05, 0.1) is 35.9 Å². The average molecular weight is 504 g/mol. The molecule has 5 nitrogen and oxygen atoms in total. The van der Waals surface area contributed by atoms with Crippen LogP contribution in [0, 0.1) is 0 Å². The minimum atomic E-state index is -4.64. The van der Waals surface area contributed by atoms with Crippen LogP contribution in [0.5, 0.6) is 0 Å². The Hall–Kier alpha value is -3.30. The zero-order valence-electron chi connectivity index (χ0n) is 17.3. The second-order valence-corrected chi connectivity index (χ2v) is 7.83. The summed E-state index contributed by atoms with van der Waals surface area (Å²) in [5.41, 5.74) is 2.50. The van der Waals surface area contributed by atoms with Crippen LogP contribution in [0.4, 0.5) is 18.9 Å². The Morgan fingerprint density at radius 1 is 1.00 bits per heavy atom. The molecule has 0 aliphatic carbocycles. The maximum atomic E-state index is 13.0. The summed E-state index contributed by atoms with van der Waals surface area (Å²) in [4.78, 5) is 25.3. The summed E-state index contributed by atoms with van der Waals surface area (Å²) >= 11 is 11.6. The van der Waals surface area contributed by atoms with Crippen molar-refractivity contribution in [2.24, 2.45) is 5.10 Å². The molecule has 0 aliphatic rings. The lowest BCUT2D eigenvalue weighted by atomic mass is 9.95. The molecule has 2 N–H and O–H groups in total. The summed E-state index contributed by atoms with van der Waals surface area (Å²) in [6.45, 7) is 0. The monoisotopic (exact) mass is 503 g/mol. The second-order valence-electron chi connectivity index (χ2n) is 6.98. The molecule has 3 aromatic carbocycles. The Kier molecular flexibility index (Phi) is 8.01. The summed E-state index contributed by atoms with van der Waals surface area (Å²) in [5, 5.41) is 6.10. The number of carbonyl (C=O) groups is 2. The van der Waals surface area contributed by atoms with Crippen LogP contribution >= 0.6 is 23.2 Å². The zero-order chi connectivity index (χ0) is 24.9. The Balaban J connectivity index is 1.78. The van der Waals surface area contributed by atoms with E-state index >= 15 is 0 Å². The minimum Gasteiger partial charge on any atom is -0.321 e. The fourth-order valence-corrected chi connectivity index (χ4v) is 3.31. The van der Waals surface area contributed by atoms with E-state index in [1.807, 2.05) is 0 Å². The third kappa shape index (κ3) is 6.39. The molecule has 2 radical (unpaired) electrons. The van der Waals surface area contributed by atoms with Gasteiger partial charge in [-0.2, -0.15) is 18.3 Å². The number of alkyl halides is 3. The predicted octanol–water partition coefficient (Wildman–Crippen LogP) is 5.70. The molecule has 3 aromatic rings. The van der Waals surface area contributed by atoms with Gasteiger partial charge in [-0.15, -0.1) is 0 Å². The number of nitrogens with one attached hydrogen (secondary N) is 2. The van der Waals surface area contributed by atoms with E-state index in [1.165, 1.54) is 24.3 Å². The first-order valence-corrected chi connectivity index (χ1v) is 10.4. The standard InChI is InChI=1S/C23H15BCl2F3N3O2/c24-11-13-2-1-3-15(8-13)21(33)31-20-7-5-16(25)10-17(20)22(34)32-30-12-14-4-6-19(26)18(9-14)23(27,28)29/h1-10,12H,11H2,(H,31,33)(H,32,34)/b30-12+. The predicted molar refractivity (Wildman–Crippen MR) is 127 cm³/mol. The Labute approximate surface area is 204 Å². The van der Waals surface area contributed by atoms with Crippen molar-refractivity contribution in [3.63, 3.8) is 0 Å². The van der Waals surface area contributed by atoms with E-state index in [4.69, 9.17) is 31.0 Å². The SMILES string of the molecule is [B]Cc1cccc(C(=O)Nc2ccc(Cl)cc2C(=O)N/N=C/c2ccc(Cl)c(C(F)(F)F)c2)c1. The van der Waals surface area contributed by atoms with Crippen molar-refractivity contribution in [2.45, 2.75) is 12.5 Å². The maximum Gasteiger partial charge on any atom is 0.417 e. The molecular weight excluding hydrogens is 489 g/mol. The first kappa shape index (κ1) is 25.3. The topological polar surface area (TPSA) is 70.6 Å². The first-order chi connectivity index (χ1) is 16.1. The summed E-state index contributed by atoms with van der Waals surface area (Å²) in [6.07, 6.45) is -3.35. The molecule has 0 atom stereocenters. The quantitative estimate of drug-likeness (QED) is 0.257. The van der Waals surface area contributed by atoms with E-state index in [9.17, 15) is 22.8 Å². The van der Waals surface area contributed by atoms with Crippen molar-refractivity contribution >= 4 is 54.8 Å².